The van der Waals surface area contributed by atoms with Gasteiger partial charge >= 0.3 is 0 Å². The third-order valence-corrected chi connectivity index (χ3v) is 1.73. The molecule has 2 heteroatoms. The molecule has 1 aromatic carbocycles. The minimum Gasteiger partial charge on any atom is -0.356 e. The van der Waals surface area contributed by atoms with Crippen molar-refractivity contribution in [3.05, 3.63) is 29.8 Å². The molecule has 1 unspecified atom stereocenters. The molecule has 0 saturated heterocycles. The monoisotopic (exact) mass is 137 g/mol. The van der Waals surface area contributed by atoms with E-state index >= 15 is 0 Å². The van der Waals surface area contributed by atoms with E-state index in [1.165, 1.54) is 0 Å². The number of rotatable bonds is 0. The van der Waals surface area contributed by atoms with Gasteiger partial charge in [-0.15, -0.1) is 0 Å². The smallest absolute Gasteiger partial charge is 0.174 e. The Balaban J connectivity index is 2.42. The van der Waals surface area contributed by atoms with Crippen LogP contribution in [-0.2, 0) is 6.42 Å². The minimum atomic E-state index is -0.877. The summed E-state index contributed by atoms with van der Waals surface area (Å²) in [6.07, 6.45) is -0.367. The lowest BCUT2D eigenvalue weighted by atomic mass is 10.2. The quantitative estimate of drug-likeness (QED) is 0.539. The van der Waals surface area contributed by atoms with E-state index in [2.05, 4.69) is 5.32 Å². The molecule has 1 atom stereocenters. The maximum Gasteiger partial charge on any atom is 0.174 e. The normalized spacial score (nSPS) is 21.9. The van der Waals surface area contributed by atoms with Gasteiger partial charge in [0, 0.05) is 12.1 Å². The van der Waals surface area contributed by atoms with Crippen molar-refractivity contribution in [1.82, 2.24) is 0 Å². The van der Waals surface area contributed by atoms with Crippen molar-refractivity contribution in [1.29, 1.82) is 0 Å². The predicted molar refractivity (Wildman–Crippen MR) is 38.7 cm³/mol. The van der Waals surface area contributed by atoms with Gasteiger partial charge in [0.1, 0.15) is 0 Å². The molecule has 0 radical (unpaired) electrons. The molecule has 1 aliphatic rings. The Bertz CT molecular complexity index is 222. The first-order chi connectivity index (χ1) is 4.86. The van der Waals surface area contributed by atoms with E-state index in [1.807, 2.05) is 24.3 Å². The topological polar surface area (TPSA) is 12.0 Å². The summed E-state index contributed by atoms with van der Waals surface area (Å²) in [7, 11) is 0. The van der Waals surface area contributed by atoms with Crippen molar-refractivity contribution >= 4 is 5.69 Å². The van der Waals surface area contributed by atoms with Gasteiger partial charge in [-0.2, -0.15) is 0 Å². The fraction of sp³-hybridized carbons (Fsp3) is 0.250. The van der Waals surface area contributed by atoms with Crippen LogP contribution >= 0.6 is 0 Å². The van der Waals surface area contributed by atoms with Crippen LogP contribution in [0.15, 0.2) is 24.3 Å². The van der Waals surface area contributed by atoms with Crippen LogP contribution in [0, 0.1) is 0 Å². The van der Waals surface area contributed by atoms with Crippen LogP contribution in [-0.4, -0.2) is 6.30 Å². The van der Waals surface area contributed by atoms with Crippen molar-refractivity contribution in [2.75, 3.05) is 5.32 Å². The molecule has 0 spiro atoms. The van der Waals surface area contributed by atoms with Gasteiger partial charge in [0.05, 0.1) is 0 Å². The first kappa shape index (κ1) is 5.71. The summed E-state index contributed by atoms with van der Waals surface area (Å²) in [6, 6.07) is 7.68. The maximum atomic E-state index is 12.6. The molecule has 0 aromatic heterocycles. The summed E-state index contributed by atoms with van der Waals surface area (Å²) in [6.45, 7) is 0. The Hall–Kier alpha value is -1.05. The second-order valence-electron chi connectivity index (χ2n) is 2.47. The zero-order valence-electron chi connectivity index (χ0n) is 5.47. The largest absolute Gasteiger partial charge is 0.356 e. The SMILES string of the molecule is FC1Cc2ccccc2N1. The number of benzene rings is 1. The Morgan fingerprint density at radius 2 is 2.20 bits per heavy atom. The van der Waals surface area contributed by atoms with Gasteiger partial charge in [0.2, 0.25) is 0 Å². The summed E-state index contributed by atoms with van der Waals surface area (Å²) < 4.78 is 12.6. The second-order valence-corrected chi connectivity index (χ2v) is 2.47. The fourth-order valence-electron chi connectivity index (χ4n) is 1.25. The van der Waals surface area contributed by atoms with Crippen LogP contribution in [0.25, 0.3) is 0 Å². The molecule has 0 bridgehead atoms. The van der Waals surface area contributed by atoms with Crippen molar-refractivity contribution in [2.24, 2.45) is 0 Å². The zero-order chi connectivity index (χ0) is 6.97. The number of nitrogens with one attached hydrogen (secondary N) is 1. The molecule has 1 aromatic rings. The van der Waals surface area contributed by atoms with Crippen molar-refractivity contribution in [3.63, 3.8) is 0 Å². The predicted octanol–water partition coefficient (Wildman–Crippen LogP) is 1.95. The third kappa shape index (κ3) is 0.764. The van der Waals surface area contributed by atoms with Gasteiger partial charge in [-0.3, -0.25) is 0 Å². The molecule has 1 heterocycles. The molecule has 1 aliphatic heterocycles. The zero-order valence-corrected chi connectivity index (χ0v) is 5.47. The van der Waals surface area contributed by atoms with Gasteiger partial charge in [-0.25, -0.2) is 4.39 Å². The summed E-state index contributed by atoms with van der Waals surface area (Å²) >= 11 is 0. The Morgan fingerprint density at radius 3 is 3.00 bits per heavy atom. The average molecular weight is 137 g/mol. The van der Waals surface area contributed by atoms with Gasteiger partial charge in [-0.05, 0) is 11.6 Å². The molecule has 0 fully saturated rings. The van der Waals surface area contributed by atoms with Crippen LogP contribution in [0.5, 0.6) is 0 Å². The summed E-state index contributed by atoms with van der Waals surface area (Å²) in [4.78, 5) is 0. The molecule has 52 valence electrons. The van der Waals surface area contributed by atoms with E-state index in [0.29, 0.717) is 6.42 Å². The fourth-order valence-corrected chi connectivity index (χ4v) is 1.25. The molecular formula is C8H8FN. The first-order valence-electron chi connectivity index (χ1n) is 3.35. The molecule has 0 aliphatic carbocycles. The standard InChI is InChI=1S/C8H8FN/c9-8-5-6-3-1-2-4-7(6)10-8/h1-4,8,10H,5H2. The van der Waals surface area contributed by atoms with E-state index in [9.17, 15) is 4.39 Å². The minimum absolute atomic E-state index is 0.510. The number of alkyl halides is 1. The second kappa shape index (κ2) is 1.97. The Labute approximate surface area is 58.9 Å². The van der Waals surface area contributed by atoms with E-state index in [1.54, 1.807) is 0 Å². The highest BCUT2D eigenvalue weighted by Crippen LogP contribution is 2.25. The van der Waals surface area contributed by atoms with Crippen LogP contribution < -0.4 is 5.32 Å². The lowest BCUT2D eigenvalue weighted by Crippen LogP contribution is -2.06. The lowest BCUT2D eigenvalue weighted by Gasteiger charge is -1.97. The van der Waals surface area contributed by atoms with E-state index in [0.717, 1.165) is 11.3 Å². The lowest BCUT2D eigenvalue weighted by molar-refractivity contribution is 0.384. The average Bonchev–Trinajstić information content (AvgIpc) is 2.27. The summed E-state index contributed by atoms with van der Waals surface area (Å²) in [5.74, 6) is 0. The number of fused-ring (bicyclic) bond motifs is 1. The number of para-hydroxylation sites is 1. The highest BCUT2D eigenvalue weighted by atomic mass is 19.1. The highest BCUT2D eigenvalue weighted by molar-refractivity contribution is 5.55. The van der Waals surface area contributed by atoms with Crippen LogP contribution in [0.3, 0.4) is 0 Å². The number of hydrogen-bond donors (Lipinski definition) is 1. The molecule has 1 nitrogen and oxygen atoms in total. The van der Waals surface area contributed by atoms with Crippen molar-refractivity contribution < 1.29 is 4.39 Å². The molecule has 0 saturated carbocycles. The number of hydrogen-bond acceptors (Lipinski definition) is 1. The van der Waals surface area contributed by atoms with Crippen LogP contribution in [0.4, 0.5) is 10.1 Å². The van der Waals surface area contributed by atoms with Crippen LogP contribution in [0.1, 0.15) is 5.56 Å². The highest BCUT2D eigenvalue weighted by Gasteiger charge is 2.17. The number of halogens is 1. The first-order valence-corrected chi connectivity index (χ1v) is 3.35. The molecular weight excluding hydrogens is 129 g/mol. The van der Waals surface area contributed by atoms with Gasteiger partial charge in [-0.1, -0.05) is 18.2 Å². The van der Waals surface area contributed by atoms with Crippen LogP contribution in [0.2, 0.25) is 0 Å². The number of anilines is 1. The Kier molecular flexibility index (Phi) is 1.13. The molecule has 10 heavy (non-hydrogen) atoms. The van der Waals surface area contributed by atoms with E-state index in [4.69, 9.17) is 0 Å². The van der Waals surface area contributed by atoms with Gasteiger partial charge in [0.15, 0.2) is 6.30 Å². The summed E-state index contributed by atoms with van der Waals surface area (Å²) in [5.41, 5.74) is 2.02. The van der Waals surface area contributed by atoms with E-state index < -0.39 is 6.30 Å². The van der Waals surface area contributed by atoms with Crippen molar-refractivity contribution in [3.8, 4) is 0 Å². The molecule has 2 rings (SSSR count). The molecule has 0 amide bonds. The van der Waals surface area contributed by atoms with Gasteiger partial charge in [0.25, 0.3) is 0 Å². The summed E-state index contributed by atoms with van der Waals surface area (Å²) in [5, 5.41) is 2.73. The van der Waals surface area contributed by atoms with Gasteiger partial charge < -0.3 is 5.32 Å². The van der Waals surface area contributed by atoms with Crippen molar-refractivity contribution in [2.45, 2.75) is 12.7 Å². The third-order valence-electron chi connectivity index (χ3n) is 1.73. The van der Waals surface area contributed by atoms with E-state index in [-0.39, 0.29) is 0 Å². The Morgan fingerprint density at radius 1 is 1.40 bits per heavy atom. The molecule has 1 N–H and O–H groups in total. The maximum absolute atomic E-state index is 12.6.